The van der Waals surface area contributed by atoms with E-state index in [0.717, 1.165) is 28.3 Å². The molecule has 0 amide bonds. The Morgan fingerprint density at radius 1 is 0.222 bits per heavy atom. The van der Waals surface area contributed by atoms with E-state index in [1.807, 2.05) is 0 Å². The van der Waals surface area contributed by atoms with Crippen molar-refractivity contribution < 1.29 is 0 Å². The van der Waals surface area contributed by atoms with Gasteiger partial charge in [-0.3, -0.25) is 0 Å². The number of hydrogen-bond donors (Lipinski definition) is 0. The molecule has 108 heavy (non-hydrogen) atoms. The van der Waals surface area contributed by atoms with Crippen molar-refractivity contribution in [3.63, 3.8) is 0 Å². The van der Waals surface area contributed by atoms with Crippen molar-refractivity contribution in [1.29, 1.82) is 0 Å². The van der Waals surface area contributed by atoms with Crippen molar-refractivity contribution in [3.05, 3.63) is 352 Å². The van der Waals surface area contributed by atoms with Gasteiger partial charge in [0.05, 0.1) is 33.4 Å². The molecule has 0 atom stereocenters. The van der Waals surface area contributed by atoms with Crippen molar-refractivity contribution >= 4 is 200 Å². The third-order valence-electron chi connectivity index (χ3n) is 24.9. The minimum Gasteiger partial charge on any atom is -0.375 e. The Bertz CT molecular complexity index is 7850. The van der Waals surface area contributed by atoms with Gasteiger partial charge >= 0.3 is 13.7 Å². The summed E-state index contributed by atoms with van der Waals surface area (Å²) >= 11 is 0. The second-order valence-corrected chi connectivity index (χ2v) is 30.1. The molecule has 0 fully saturated rings. The molecule has 6 nitrogen and oxygen atoms in total. The fraction of sp³-hybridized carbons (Fsp3) is 0. The van der Waals surface area contributed by atoms with E-state index in [2.05, 4.69) is 380 Å². The molecule has 0 N–H and O–H groups in total. The fourth-order valence-electron chi connectivity index (χ4n) is 20.8. The summed E-state index contributed by atoms with van der Waals surface area (Å²) in [7, 11) is 0. The summed E-state index contributed by atoms with van der Waals surface area (Å²) in [6.07, 6.45) is 0. The van der Waals surface area contributed by atoms with Crippen molar-refractivity contribution in [1.82, 2.24) is 18.1 Å². The molecule has 18 aromatic carbocycles. The van der Waals surface area contributed by atoms with E-state index < -0.39 is 0 Å². The summed E-state index contributed by atoms with van der Waals surface area (Å²) in [4.78, 5) is 5.29. The first-order chi connectivity index (χ1) is 53.6. The monoisotopic (exact) mass is 1360 g/mol. The first kappa shape index (κ1) is 57.3. The predicted octanol–water partition coefficient (Wildman–Crippen LogP) is 23.2. The second-order valence-electron chi connectivity index (χ2n) is 30.1. The molecular weight excluding hydrogens is 1310 g/mol. The largest absolute Gasteiger partial charge is 0.375 e. The number of nitrogens with zero attached hydrogens (tertiary/aromatic N) is 6. The van der Waals surface area contributed by atoms with Crippen LogP contribution < -0.4 is 31.7 Å². The molecule has 22 aromatic rings. The molecule has 4 aliphatic rings. The van der Waals surface area contributed by atoms with Crippen molar-refractivity contribution in [2.75, 3.05) is 9.80 Å². The Morgan fingerprint density at radius 2 is 0.759 bits per heavy atom. The van der Waals surface area contributed by atoms with Crippen LogP contribution in [0.5, 0.6) is 0 Å². The maximum Gasteiger partial charge on any atom is 0.333 e. The van der Waals surface area contributed by atoms with Crippen LogP contribution in [0, 0.1) is 0 Å². The Balaban J connectivity index is 0.752. The van der Waals surface area contributed by atoms with E-state index in [1.54, 1.807) is 0 Å². The van der Waals surface area contributed by atoms with Gasteiger partial charge in [0, 0.05) is 127 Å². The van der Waals surface area contributed by atoms with E-state index >= 15 is 0 Å². The van der Waals surface area contributed by atoms with Gasteiger partial charge in [-0.2, -0.15) is 0 Å². The molecule has 0 unspecified atom stereocenters. The molecule has 26 rings (SSSR count). The first-order valence-corrected chi connectivity index (χ1v) is 37.7. The average Bonchev–Trinajstić information content (AvgIpc) is 1.42. The van der Waals surface area contributed by atoms with Crippen molar-refractivity contribution in [2.24, 2.45) is 0 Å². The highest BCUT2D eigenvalue weighted by atomic mass is 15.2. The van der Waals surface area contributed by atoms with E-state index in [-0.39, 0.29) is 13.7 Å². The Kier molecular flexibility index (Phi) is 11.1. The lowest BCUT2D eigenvalue weighted by atomic mass is 9.44. The molecular formula is C100H58B2N6. The number of hydrogen-bond acceptors (Lipinski definition) is 2. The third kappa shape index (κ3) is 7.29. The lowest BCUT2D eigenvalue weighted by Crippen LogP contribution is -2.57. The number of anilines is 6. The molecule has 0 saturated heterocycles. The van der Waals surface area contributed by atoms with Crippen LogP contribution in [0.1, 0.15) is 0 Å². The zero-order valence-electron chi connectivity index (χ0n) is 58.3. The van der Waals surface area contributed by atoms with E-state index in [1.165, 1.54) is 203 Å². The fourth-order valence-corrected chi connectivity index (χ4v) is 20.8. The summed E-state index contributed by atoms with van der Waals surface area (Å²) in [6, 6.07) is 134. The third-order valence-corrected chi connectivity index (χ3v) is 24.9. The van der Waals surface area contributed by atoms with Gasteiger partial charge in [0.1, 0.15) is 0 Å². The average molecular weight is 1370 g/mol. The minimum absolute atomic E-state index is 0.164. The molecule has 8 heterocycles. The topological polar surface area (TPSA) is 26.2 Å². The highest BCUT2D eigenvalue weighted by molar-refractivity contribution is 6.92. The maximum absolute atomic E-state index is 2.73. The van der Waals surface area contributed by atoms with Gasteiger partial charge in [-0.15, -0.1) is 0 Å². The molecule has 4 aliphatic heterocycles. The highest BCUT2D eigenvalue weighted by Crippen LogP contribution is 2.55. The second kappa shape index (κ2) is 20.9. The molecule has 4 aromatic heterocycles. The molecule has 0 spiro atoms. The smallest absolute Gasteiger partial charge is 0.333 e. The van der Waals surface area contributed by atoms with E-state index in [0.29, 0.717) is 0 Å². The zero-order chi connectivity index (χ0) is 69.9. The van der Waals surface area contributed by atoms with Crippen molar-refractivity contribution in [3.8, 4) is 44.8 Å². The van der Waals surface area contributed by atoms with Gasteiger partial charge in [-0.25, -0.2) is 0 Å². The lowest BCUT2D eigenvalue weighted by Gasteiger charge is -2.42. The van der Waals surface area contributed by atoms with Crippen LogP contribution in [-0.4, -0.2) is 31.8 Å². The molecule has 8 heteroatoms. The number of rotatable bonds is 5. The first-order valence-electron chi connectivity index (χ1n) is 37.7. The maximum atomic E-state index is 2.73. The van der Waals surface area contributed by atoms with Gasteiger partial charge in [0.25, 0.3) is 0 Å². The van der Waals surface area contributed by atoms with Crippen LogP contribution in [0.3, 0.4) is 0 Å². The number of aromatic nitrogens is 4. The Morgan fingerprint density at radius 3 is 1.53 bits per heavy atom. The summed E-state index contributed by atoms with van der Waals surface area (Å²) in [5, 5.41) is 19.7. The molecule has 0 radical (unpaired) electrons. The van der Waals surface area contributed by atoms with Crippen LogP contribution in [0.4, 0.5) is 34.1 Å². The summed E-state index contributed by atoms with van der Waals surface area (Å²) in [6.45, 7) is -0.341. The van der Waals surface area contributed by atoms with Crippen LogP contribution >= 0.6 is 0 Å². The van der Waals surface area contributed by atoms with Crippen LogP contribution in [0.25, 0.3) is 175 Å². The Labute approximate surface area is 620 Å². The standard InChI is InChI=1S/C100H58B2N6/c1-3-27-66(28-4-1)103-84-41-18-16-37-76(84)91-88(103)58-90-95-92(91)80-56-65(55-78-74-36-15-20-43-86(74)107(98(78)80)101(95)81-51-48-62-25-9-12-33-71(62)99(81)106(90)82-44-21-26-60-23-7-10-31-69(60)82)63-46-45-59-47-50-68(54-64(59)53-63)104-87-52-49-61-24-8-11-32-70(61)94(87)102-96-89(104)57-79-73-35-13-17-40-83(73)105(67-29-5-2-6-30-67)100(79)93(96)77-39-22-38-75-72-34-14-19-42-85(72)108(102)97(75)77/h1-58H. The molecule has 0 aliphatic carbocycles. The van der Waals surface area contributed by atoms with Gasteiger partial charge < -0.3 is 27.9 Å². The van der Waals surface area contributed by atoms with E-state index in [4.69, 9.17) is 0 Å². The Hall–Kier alpha value is -14.1. The quantitative estimate of drug-likeness (QED) is 0.161. The number of benzene rings is 18. The molecule has 494 valence electrons. The summed E-state index contributed by atoms with van der Waals surface area (Å²) in [5.41, 5.74) is 31.7. The van der Waals surface area contributed by atoms with Gasteiger partial charge in [-0.1, -0.05) is 249 Å². The predicted molar refractivity (Wildman–Crippen MR) is 458 cm³/mol. The number of para-hydroxylation sites is 7. The SMILES string of the molecule is c1ccc(-n2c3ccccc3c3c4c5c(cc32)N(c2cccc3ccccc23)c2c(ccc3ccccc23)B5n2c3ccccc3c3cc(-c5ccc6ccc(N7c8cc9c%10ccccc%10n(-c%10ccccc%10)c9c9c8B(c8c7ccc7ccccc87)n7c8ccccc8c8cccc-9c87)cc6c5)cc-4c32)cc1. The molecule has 0 saturated carbocycles. The van der Waals surface area contributed by atoms with Gasteiger partial charge in [0.2, 0.25) is 0 Å². The van der Waals surface area contributed by atoms with Gasteiger partial charge in [-0.05, 0) is 174 Å². The zero-order valence-corrected chi connectivity index (χ0v) is 58.3. The van der Waals surface area contributed by atoms with Crippen LogP contribution in [0.2, 0.25) is 0 Å². The van der Waals surface area contributed by atoms with Crippen molar-refractivity contribution in [2.45, 2.75) is 0 Å². The summed E-state index contributed by atoms with van der Waals surface area (Å²) in [5.74, 6) is 0. The lowest BCUT2D eigenvalue weighted by molar-refractivity contribution is 1.18. The summed E-state index contributed by atoms with van der Waals surface area (Å²) < 4.78 is 10.5. The minimum atomic E-state index is -0.177. The van der Waals surface area contributed by atoms with Crippen LogP contribution in [0.15, 0.2) is 352 Å². The van der Waals surface area contributed by atoms with E-state index in [9.17, 15) is 0 Å². The molecule has 0 bridgehead atoms. The number of fused-ring (bicyclic) bond motifs is 28. The highest BCUT2D eigenvalue weighted by Gasteiger charge is 2.48. The normalized spacial score (nSPS) is 13.3. The van der Waals surface area contributed by atoms with Crippen LogP contribution in [-0.2, 0) is 0 Å². The van der Waals surface area contributed by atoms with Gasteiger partial charge in [0.15, 0.2) is 0 Å².